The molecule has 0 bridgehead atoms. The van der Waals surface area contributed by atoms with E-state index in [1.807, 2.05) is 17.9 Å². The third kappa shape index (κ3) is 1.93. The molecule has 88 valence electrons. The Labute approximate surface area is 102 Å². The minimum absolute atomic E-state index is 1.17. The van der Waals surface area contributed by atoms with Gasteiger partial charge in [-0.2, -0.15) is 5.10 Å². The summed E-state index contributed by atoms with van der Waals surface area (Å²) in [5, 5.41) is 4.22. The van der Waals surface area contributed by atoms with E-state index in [1.165, 1.54) is 42.9 Å². The van der Waals surface area contributed by atoms with Crippen LogP contribution in [0, 0.1) is 0 Å². The van der Waals surface area contributed by atoms with Crippen LogP contribution in [0.4, 0.5) is 5.69 Å². The smallest absolute Gasteiger partial charge is 0.0679 e. The first kappa shape index (κ1) is 10.4. The molecule has 1 aromatic heterocycles. The molecular formula is C14H17N3. The Morgan fingerprint density at radius 2 is 1.94 bits per heavy atom. The lowest BCUT2D eigenvalue weighted by atomic mass is 10.1. The Balaban J connectivity index is 1.96. The summed E-state index contributed by atoms with van der Waals surface area (Å²) in [5.41, 5.74) is 3.75. The Hall–Kier alpha value is -1.77. The van der Waals surface area contributed by atoms with E-state index in [0.29, 0.717) is 0 Å². The molecular weight excluding hydrogens is 210 g/mol. The van der Waals surface area contributed by atoms with Crippen LogP contribution in [-0.4, -0.2) is 22.9 Å². The Bertz CT molecular complexity index is 510. The molecule has 0 N–H and O–H groups in total. The highest BCUT2D eigenvalue weighted by atomic mass is 15.3. The van der Waals surface area contributed by atoms with Gasteiger partial charge >= 0.3 is 0 Å². The van der Waals surface area contributed by atoms with Crippen molar-refractivity contribution >= 4 is 5.69 Å². The van der Waals surface area contributed by atoms with Gasteiger partial charge in [-0.15, -0.1) is 0 Å². The number of aromatic nitrogens is 2. The zero-order chi connectivity index (χ0) is 11.7. The van der Waals surface area contributed by atoms with Crippen molar-refractivity contribution in [1.29, 1.82) is 0 Å². The number of aryl methyl sites for hydroxylation is 1. The fourth-order valence-corrected chi connectivity index (χ4v) is 2.49. The molecule has 3 nitrogen and oxygen atoms in total. The highest BCUT2D eigenvalue weighted by Gasteiger charge is 2.13. The van der Waals surface area contributed by atoms with Crippen molar-refractivity contribution in [2.24, 2.45) is 7.05 Å². The second kappa shape index (κ2) is 4.24. The minimum Gasteiger partial charge on any atom is -0.372 e. The molecule has 1 fully saturated rings. The van der Waals surface area contributed by atoms with Gasteiger partial charge in [0.1, 0.15) is 0 Å². The van der Waals surface area contributed by atoms with E-state index in [-0.39, 0.29) is 0 Å². The van der Waals surface area contributed by atoms with Gasteiger partial charge in [-0.25, -0.2) is 0 Å². The molecule has 0 saturated carbocycles. The predicted octanol–water partition coefficient (Wildman–Crippen LogP) is 2.69. The normalized spacial score (nSPS) is 15.5. The average molecular weight is 227 g/mol. The summed E-state index contributed by atoms with van der Waals surface area (Å²) in [6, 6.07) is 10.8. The van der Waals surface area contributed by atoms with Gasteiger partial charge in [-0.05, 0) is 31.0 Å². The molecule has 0 amide bonds. The van der Waals surface area contributed by atoms with Gasteiger partial charge in [0.05, 0.1) is 5.69 Å². The van der Waals surface area contributed by atoms with Crippen LogP contribution >= 0.6 is 0 Å². The van der Waals surface area contributed by atoms with Crippen LogP contribution in [-0.2, 0) is 7.05 Å². The quantitative estimate of drug-likeness (QED) is 0.786. The van der Waals surface area contributed by atoms with Crippen LogP contribution in [0.15, 0.2) is 36.5 Å². The molecule has 0 spiro atoms. The van der Waals surface area contributed by atoms with Crippen molar-refractivity contribution in [3.05, 3.63) is 36.5 Å². The van der Waals surface area contributed by atoms with Gasteiger partial charge < -0.3 is 4.90 Å². The molecule has 1 aromatic carbocycles. The fourth-order valence-electron chi connectivity index (χ4n) is 2.49. The van der Waals surface area contributed by atoms with E-state index in [1.54, 1.807) is 0 Å². The summed E-state index contributed by atoms with van der Waals surface area (Å²) >= 11 is 0. The number of rotatable bonds is 2. The molecule has 0 atom stereocenters. The molecule has 17 heavy (non-hydrogen) atoms. The molecule has 1 aliphatic rings. The average Bonchev–Trinajstić information content (AvgIpc) is 2.99. The van der Waals surface area contributed by atoms with E-state index in [4.69, 9.17) is 0 Å². The number of hydrogen-bond donors (Lipinski definition) is 0. The van der Waals surface area contributed by atoms with Crippen LogP contribution in [0.5, 0.6) is 0 Å². The molecule has 1 saturated heterocycles. The summed E-state index contributed by atoms with van der Waals surface area (Å²) in [6.45, 7) is 2.38. The van der Waals surface area contributed by atoms with Gasteiger partial charge in [0.2, 0.25) is 0 Å². The standard InChI is InChI=1S/C14H17N3/c1-16-14(7-8-15-16)12-5-4-6-13(11-12)17-9-2-3-10-17/h4-8,11H,2-3,9-10H2,1H3. The molecule has 0 aliphatic carbocycles. The molecule has 1 aliphatic heterocycles. The topological polar surface area (TPSA) is 21.1 Å². The predicted molar refractivity (Wildman–Crippen MR) is 70.1 cm³/mol. The second-order valence-corrected chi connectivity index (χ2v) is 4.58. The Kier molecular flexibility index (Phi) is 2.59. The summed E-state index contributed by atoms with van der Waals surface area (Å²) < 4.78 is 1.92. The number of anilines is 1. The zero-order valence-corrected chi connectivity index (χ0v) is 10.1. The lowest BCUT2D eigenvalue weighted by molar-refractivity contribution is 0.776. The lowest BCUT2D eigenvalue weighted by Crippen LogP contribution is -2.17. The molecule has 2 aromatic rings. The summed E-state index contributed by atoms with van der Waals surface area (Å²) in [4.78, 5) is 2.46. The Morgan fingerprint density at radius 3 is 2.65 bits per heavy atom. The minimum atomic E-state index is 1.17. The van der Waals surface area contributed by atoms with Gasteiger partial charge in [0, 0.05) is 37.6 Å². The molecule has 0 unspecified atom stereocenters. The fraction of sp³-hybridized carbons (Fsp3) is 0.357. The number of benzene rings is 1. The van der Waals surface area contributed by atoms with Crippen molar-refractivity contribution in [2.75, 3.05) is 18.0 Å². The van der Waals surface area contributed by atoms with Crippen LogP contribution in [0.2, 0.25) is 0 Å². The largest absolute Gasteiger partial charge is 0.372 e. The Morgan fingerprint density at radius 1 is 1.12 bits per heavy atom. The van der Waals surface area contributed by atoms with E-state index < -0.39 is 0 Å². The van der Waals surface area contributed by atoms with Crippen molar-refractivity contribution in [3.8, 4) is 11.3 Å². The molecule has 3 heteroatoms. The highest BCUT2D eigenvalue weighted by Crippen LogP contribution is 2.26. The highest BCUT2D eigenvalue weighted by molar-refractivity contribution is 5.66. The van der Waals surface area contributed by atoms with Crippen LogP contribution in [0.3, 0.4) is 0 Å². The third-order valence-corrected chi connectivity index (χ3v) is 3.43. The summed E-state index contributed by atoms with van der Waals surface area (Å²) in [5.74, 6) is 0. The lowest BCUT2D eigenvalue weighted by Gasteiger charge is -2.18. The zero-order valence-electron chi connectivity index (χ0n) is 10.1. The van der Waals surface area contributed by atoms with Gasteiger partial charge in [0.15, 0.2) is 0 Å². The summed E-state index contributed by atoms with van der Waals surface area (Å²) in [6.07, 6.45) is 4.48. The van der Waals surface area contributed by atoms with Crippen molar-refractivity contribution < 1.29 is 0 Å². The van der Waals surface area contributed by atoms with Gasteiger partial charge in [-0.3, -0.25) is 4.68 Å². The molecule has 2 heterocycles. The SMILES string of the molecule is Cn1nccc1-c1cccc(N2CCCC2)c1. The van der Waals surface area contributed by atoms with E-state index >= 15 is 0 Å². The van der Waals surface area contributed by atoms with E-state index in [9.17, 15) is 0 Å². The van der Waals surface area contributed by atoms with Crippen LogP contribution < -0.4 is 4.90 Å². The van der Waals surface area contributed by atoms with E-state index in [2.05, 4.69) is 40.3 Å². The maximum atomic E-state index is 4.22. The monoisotopic (exact) mass is 227 g/mol. The van der Waals surface area contributed by atoms with E-state index in [0.717, 1.165) is 0 Å². The number of nitrogens with zero attached hydrogens (tertiary/aromatic N) is 3. The summed E-state index contributed by atoms with van der Waals surface area (Å²) in [7, 11) is 1.98. The van der Waals surface area contributed by atoms with Crippen LogP contribution in [0.25, 0.3) is 11.3 Å². The van der Waals surface area contributed by atoms with Crippen molar-refractivity contribution in [2.45, 2.75) is 12.8 Å². The molecule has 3 rings (SSSR count). The second-order valence-electron chi connectivity index (χ2n) is 4.58. The third-order valence-electron chi connectivity index (χ3n) is 3.43. The maximum Gasteiger partial charge on any atom is 0.0679 e. The van der Waals surface area contributed by atoms with Crippen molar-refractivity contribution in [1.82, 2.24) is 9.78 Å². The van der Waals surface area contributed by atoms with Crippen LogP contribution in [0.1, 0.15) is 12.8 Å². The van der Waals surface area contributed by atoms with Crippen molar-refractivity contribution in [3.63, 3.8) is 0 Å². The number of hydrogen-bond acceptors (Lipinski definition) is 2. The first-order chi connectivity index (χ1) is 8.34. The molecule has 0 radical (unpaired) electrons. The first-order valence-corrected chi connectivity index (χ1v) is 6.18. The van der Waals surface area contributed by atoms with Gasteiger partial charge in [0.25, 0.3) is 0 Å². The first-order valence-electron chi connectivity index (χ1n) is 6.18. The maximum absolute atomic E-state index is 4.22. The van der Waals surface area contributed by atoms with Gasteiger partial charge in [-0.1, -0.05) is 12.1 Å².